The molecule has 0 radical (unpaired) electrons. The molecule has 0 saturated heterocycles. The average Bonchev–Trinajstić information content (AvgIpc) is 2.48. The zero-order valence-electron chi connectivity index (χ0n) is 12.7. The maximum atomic E-state index is 12.6. The Labute approximate surface area is 121 Å². The minimum Gasteiger partial charge on any atom is -0.397 e. The number of aromatic nitrogens is 1. The van der Waals surface area contributed by atoms with Crippen molar-refractivity contribution in [3.05, 3.63) is 23.5 Å². The molecule has 0 aliphatic heterocycles. The van der Waals surface area contributed by atoms with Gasteiger partial charge in [-0.1, -0.05) is 13.3 Å². The zero-order valence-corrected chi connectivity index (χ0v) is 12.7. The molecule has 4 nitrogen and oxygen atoms in total. The van der Waals surface area contributed by atoms with E-state index in [4.69, 9.17) is 5.73 Å². The van der Waals surface area contributed by atoms with Gasteiger partial charge in [-0.3, -0.25) is 9.78 Å². The maximum absolute atomic E-state index is 12.6. The fourth-order valence-electron chi connectivity index (χ4n) is 3.06. The SMILES string of the molecule is CCC1CCC(N(C)C(=O)c2cc(N)cnc2C)CC1. The molecule has 1 aliphatic carbocycles. The third-order valence-electron chi connectivity index (χ3n) is 4.60. The molecule has 1 fully saturated rings. The molecular weight excluding hydrogens is 250 g/mol. The number of nitrogen functional groups attached to an aromatic ring is 1. The first kappa shape index (κ1) is 14.8. The topological polar surface area (TPSA) is 59.2 Å². The number of amides is 1. The quantitative estimate of drug-likeness (QED) is 0.922. The van der Waals surface area contributed by atoms with E-state index < -0.39 is 0 Å². The molecule has 1 aromatic heterocycles. The van der Waals surface area contributed by atoms with E-state index in [0.717, 1.165) is 24.5 Å². The van der Waals surface area contributed by atoms with Crippen LogP contribution in [0.1, 0.15) is 55.1 Å². The van der Waals surface area contributed by atoms with Crippen LogP contribution in [0, 0.1) is 12.8 Å². The summed E-state index contributed by atoms with van der Waals surface area (Å²) in [4.78, 5) is 18.7. The van der Waals surface area contributed by atoms with Crippen LogP contribution in [0.4, 0.5) is 5.69 Å². The molecule has 1 amide bonds. The highest BCUT2D eigenvalue weighted by atomic mass is 16.2. The van der Waals surface area contributed by atoms with Crippen molar-refractivity contribution in [3.63, 3.8) is 0 Å². The largest absolute Gasteiger partial charge is 0.397 e. The molecule has 0 unspecified atom stereocenters. The zero-order chi connectivity index (χ0) is 14.7. The van der Waals surface area contributed by atoms with Gasteiger partial charge in [0, 0.05) is 13.1 Å². The number of pyridine rings is 1. The molecule has 1 heterocycles. The smallest absolute Gasteiger partial charge is 0.255 e. The number of rotatable bonds is 3. The van der Waals surface area contributed by atoms with Crippen molar-refractivity contribution in [1.82, 2.24) is 9.88 Å². The highest BCUT2D eigenvalue weighted by molar-refractivity contribution is 5.96. The van der Waals surface area contributed by atoms with Crippen molar-refractivity contribution in [2.45, 2.75) is 52.0 Å². The predicted octanol–water partition coefficient (Wildman–Crippen LogP) is 3.01. The van der Waals surface area contributed by atoms with E-state index in [-0.39, 0.29) is 5.91 Å². The Morgan fingerprint density at radius 2 is 2.05 bits per heavy atom. The number of carbonyl (C=O) groups is 1. The van der Waals surface area contributed by atoms with Crippen LogP contribution < -0.4 is 5.73 Å². The van der Waals surface area contributed by atoms with Crippen LogP contribution >= 0.6 is 0 Å². The summed E-state index contributed by atoms with van der Waals surface area (Å²) in [6, 6.07) is 2.09. The molecule has 4 heteroatoms. The molecule has 1 saturated carbocycles. The van der Waals surface area contributed by atoms with Gasteiger partial charge in [0.1, 0.15) is 0 Å². The fraction of sp³-hybridized carbons (Fsp3) is 0.625. The summed E-state index contributed by atoms with van der Waals surface area (Å²) in [5.41, 5.74) is 7.67. The Balaban J connectivity index is 2.07. The molecule has 1 aliphatic rings. The first-order valence-electron chi connectivity index (χ1n) is 7.52. The molecule has 0 bridgehead atoms. The monoisotopic (exact) mass is 275 g/mol. The van der Waals surface area contributed by atoms with Gasteiger partial charge in [0.05, 0.1) is 23.1 Å². The van der Waals surface area contributed by atoms with Gasteiger partial charge in [-0.05, 0) is 44.6 Å². The average molecular weight is 275 g/mol. The summed E-state index contributed by atoms with van der Waals surface area (Å²) in [6.45, 7) is 4.11. The van der Waals surface area contributed by atoms with E-state index in [0.29, 0.717) is 17.3 Å². The summed E-state index contributed by atoms with van der Waals surface area (Å²) in [7, 11) is 1.90. The number of carbonyl (C=O) groups excluding carboxylic acids is 1. The summed E-state index contributed by atoms with van der Waals surface area (Å²) in [5.74, 6) is 0.882. The minimum absolute atomic E-state index is 0.0437. The molecule has 0 aromatic carbocycles. The first-order chi connectivity index (χ1) is 9.52. The highest BCUT2D eigenvalue weighted by Gasteiger charge is 2.27. The molecule has 110 valence electrons. The van der Waals surface area contributed by atoms with E-state index in [1.165, 1.54) is 19.3 Å². The Hall–Kier alpha value is -1.58. The van der Waals surface area contributed by atoms with Crippen LogP contribution in [-0.2, 0) is 0 Å². The Morgan fingerprint density at radius 3 is 2.65 bits per heavy atom. The lowest BCUT2D eigenvalue weighted by atomic mass is 9.84. The molecule has 2 N–H and O–H groups in total. The second-order valence-electron chi connectivity index (χ2n) is 5.90. The third-order valence-corrected chi connectivity index (χ3v) is 4.60. The van der Waals surface area contributed by atoms with Gasteiger partial charge in [-0.25, -0.2) is 0 Å². The lowest BCUT2D eigenvalue weighted by Gasteiger charge is -2.34. The van der Waals surface area contributed by atoms with Crippen molar-refractivity contribution >= 4 is 11.6 Å². The minimum atomic E-state index is 0.0437. The second-order valence-corrected chi connectivity index (χ2v) is 5.90. The summed E-state index contributed by atoms with van der Waals surface area (Å²) in [6.07, 6.45) is 7.52. The van der Waals surface area contributed by atoms with Gasteiger partial charge in [-0.15, -0.1) is 0 Å². The number of anilines is 1. The van der Waals surface area contributed by atoms with Crippen molar-refractivity contribution in [3.8, 4) is 0 Å². The van der Waals surface area contributed by atoms with Gasteiger partial charge in [0.25, 0.3) is 5.91 Å². The Morgan fingerprint density at radius 1 is 1.40 bits per heavy atom. The Kier molecular flexibility index (Phi) is 4.63. The van der Waals surface area contributed by atoms with Crippen molar-refractivity contribution in [1.29, 1.82) is 0 Å². The van der Waals surface area contributed by atoms with E-state index in [1.54, 1.807) is 12.3 Å². The molecule has 20 heavy (non-hydrogen) atoms. The van der Waals surface area contributed by atoms with Gasteiger partial charge in [0.15, 0.2) is 0 Å². The standard InChI is InChI=1S/C16H25N3O/c1-4-12-5-7-14(8-6-12)19(3)16(20)15-9-13(17)10-18-11(15)2/h9-10,12,14H,4-8,17H2,1-3H3. The van der Waals surface area contributed by atoms with Crippen LogP contribution in [0.3, 0.4) is 0 Å². The first-order valence-corrected chi connectivity index (χ1v) is 7.52. The number of nitrogens with two attached hydrogens (primary N) is 1. The van der Waals surface area contributed by atoms with E-state index in [1.807, 2.05) is 18.9 Å². The van der Waals surface area contributed by atoms with E-state index in [9.17, 15) is 4.79 Å². The van der Waals surface area contributed by atoms with Crippen LogP contribution in [0.25, 0.3) is 0 Å². The van der Waals surface area contributed by atoms with Gasteiger partial charge in [0.2, 0.25) is 0 Å². The van der Waals surface area contributed by atoms with Crippen LogP contribution in [0.5, 0.6) is 0 Å². The van der Waals surface area contributed by atoms with Gasteiger partial charge >= 0.3 is 0 Å². The van der Waals surface area contributed by atoms with E-state index >= 15 is 0 Å². The summed E-state index contributed by atoms with van der Waals surface area (Å²) < 4.78 is 0. The second kappa shape index (κ2) is 6.25. The van der Waals surface area contributed by atoms with Gasteiger partial charge < -0.3 is 10.6 Å². The molecular formula is C16H25N3O. The van der Waals surface area contributed by atoms with Crippen molar-refractivity contribution in [2.24, 2.45) is 5.92 Å². The fourth-order valence-corrected chi connectivity index (χ4v) is 3.06. The lowest BCUT2D eigenvalue weighted by Crippen LogP contribution is -2.39. The maximum Gasteiger partial charge on any atom is 0.255 e. The summed E-state index contributed by atoms with van der Waals surface area (Å²) >= 11 is 0. The molecule has 0 spiro atoms. The molecule has 0 atom stereocenters. The normalized spacial score (nSPS) is 22.6. The number of nitrogens with zero attached hydrogens (tertiary/aromatic N) is 2. The van der Waals surface area contributed by atoms with Crippen LogP contribution in [0.15, 0.2) is 12.3 Å². The predicted molar refractivity (Wildman–Crippen MR) is 81.5 cm³/mol. The molecule has 2 rings (SSSR count). The van der Waals surface area contributed by atoms with Crippen molar-refractivity contribution < 1.29 is 4.79 Å². The van der Waals surface area contributed by atoms with Crippen LogP contribution in [-0.4, -0.2) is 28.9 Å². The lowest BCUT2D eigenvalue weighted by molar-refractivity contribution is 0.0673. The number of hydrogen-bond acceptors (Lipinski definition) is 3. The van der Waals surface area contributed by atoms with Gasteiger partial charge in [-0.2, -0.15) is 0 Å². The van der Waals surface area contributed by atoms with E-state index in [2.05, 4.69) is 11.9 Å². The Bertz CT molecular complexity index is 479. The third kappa shape index (κ3) is 3.11. The number of hydrogen-bond donors (Lipinski definition) is 1. The molecule has 1 aromatic rings. The summed E-state index contributed by atoms with van der Waals surface area (Å²) in [5, 5.41) is 0. The van der Waals surface area contributed by atoms with Crippen LogP contribution in [0.2, 0.25) is 0 Å². The number of aryl methyl sites for hydroxylation is 1. The highest BCUT2D eigenvalue weighted by Crippen LogP contribution is 2.29. The van der Waals surface area contributed by atoms with Crippen molar-refractivity contribution in [2.75, 3.05) is 12.8 Å².